The Morgan fingerprint density at radius 3 is 2.29 bits per heavy atom. The molecule has 0 bridgehead atoms. The first-order chi connectivity index (χ1) is 11.4. The molecule has 2 rings (SSSR count). The van der Waals surface area contributed by atoms with Crippen LogP contribution in [0.15, 0.2) is 36.4 Å². The Kier molecular flexibility index (Phi) is 5.73. The van der Waals surface area contributed by atoms with E-state index in [4.69, 9.17) is 4.74 Å². The van der Waals surface area contributed by atoms with E-state index < -0.39 is 6.61 Å². The Morgan fingerprint density at radius 2 is 1.67 bits per heavy atom. The second kappa shape index (κ2) is 7.77. The average Bonchev–Trinajstić information content (AvgIpc) is 2.52. The van der Waals surface area contributed by atoms with Crippen LogP contribution in [-0.4, -0.2) is 19.1 Å². The number of benzene rings is 2. The molecule has 0 aliphatic heterocycles. The zero-order valence-corrected chi connectivity index (χ0v) is 13.7. The van der Waals surface area contributed by atoms with E-state index in [1.807, 2.05) is 32.9 Å². The number of halogens is 2. The molecular formula is C18H19F2NO3. The maximum absolute atomic E-state index is 12.1. The van der Waals surface area contributed by atoms with Gasteiger partial charge in [-0.3, -0.25) is 4.79 Å². The largest absolute Gasteiger partial charge is 0.483 e. The minimum atomic E-state index is -2.88. The molecule has 0 atom stereocenters. The van der Waals surface area contributed by atoms with E-state index in [0.29, 0.717) is 11.4 Å². The lowest BCUT2D eigenvalue weighted by atomic mass is 10.1. The van der Waals surface area contributed by atoms with Gasteiger partial charge in [-0.1, -0.05) is 12.1 Å². The van der Waals surface area contributed by atoms with Crippen LogP contribution in [0.25, 0.3) is 0 Å². The summed E-state index contributed by atoms with van der Waals surface area (Å²) in [7, 11) is 0. The summed E-state index contributed by atoms with van der Waals surface area (Å²) in [5.41, 5.74) is 3.52. The fraction of sp³-hybridized carbons (Fsp3) is 0.278. The number of hydrogen-bond acceptors (Lipinski definition) is 3. The molecule has 0 heterocycles. The van der Waals surface area contributed by atoms with Crippen molar-refractivity contribution in [3.63, 3.8) is 0 Å². The lowest BCUT2D eigenvalue weighted by Crippen LogP contribution is -2.20. The van der Waals surface area contributed by atoms with Crippen LogP contribution in [0.5, 0.6) is 11.5 Å². The lowest BCUT2D eigenvalue weighted by Gasteiger charge is -2.14. The van der Waals surface area contributed by atoms with Gasteiger partial charge in [0.15, 0.2) is 6.61 Å². The second-order valence-corrected chi connectivity index (χ2v) is 5.39. The van der Waals surface area contributed by atoms with Gasteiger partial charge in [-0.25, -0.2) is 0 Å². The van der Waals surface area contributed by atoms with E-state index in [9.17, 15) is 13.6 Å². The molecule has 0 aromatic heterocycles. The van der Waals surface area contributed by atoms with Gasteiger partial charge in [0.05, 0.1) is 0 Å². The van der Waals surface area contributed by atoms with E-state index in [1.54, 1.807) is 0 Å². The van der Waals surface area contributed by atoms with Crippen molar-refractivity contribution in [1.29, 1.82) is 0 Å². The number of aryl methyl sites for hydroxylation is 2. The molecule has 0 unspecified atom stereocenters. The molecule has 128 valence electrons. The number of nitrogens with one attached hydrogen (secondary N) is 1. The summed E-state index contributed by atoms with van der Waals surface area (Å²) in [6.07, 6.45) is 0. The van der Waals surface area contributed by atoms with E-state index in [0.717, 1.165) is 16.7 Å². The minimum Gasteiger partial charge on any atom is -0.483 e. The van der Waals surface area contributed by atoms with Gasteiger partial charge >= 0.3 is 6.61 Å². The summed E-state index contributed by atoms with van der Waals surface area (Å²) in [6, 6.07) is 9.63. The van der Waals surface area contributed by atoms with Crippen LogP contribution in [0, 0.1) is 20.8 Å². The Bertz CT molecular complexity index is 715. The zero-order valence-electron chi connectivity index (χ0n) is 13.7. The first kappa shape index (κ1) is 17.7. The van der Waals surface area contributed by atoms with Crippen molar-refractivity contribution >= 4 is 11.6 Å². The van der Waals surface area contributed by atoms with Crippen LogP contribution in [0.1, 0.15) is 16.7 Å². The van der Waals surface area contributed by atoms with Crippen LogP contribution >= 0.6 is 0 Å². The molecule has 0 aliphatic carbocycles. The number of alkyl halides is 2. The van der Waals surface area contributed by atoms with Crippen molar-refractivity contribution in [1.82, 2.24) is 0 Å². The van der Waals surface area contributed by atoms with Gasteiger partial charge < -0.3 is 14.8 Å². The molecule has 0 saturated carbocycles. The van der Waals surface area contributed by atoms with Crippen LogP contribution in [0.4, 0.5) is 14.5 Å². The van der Waals surface area contributed by atoms with E-state index in [2.05, 4.69) is 10.1 Å². The lowest BCUT2D eigenvalue weighted by molar-refractivity contribution is -0.118. The third-order valence-electron chi connectivity index (χ3n) is 3.58. The number of anilines is 1. The van der Waals surface area contributed by atoms with Crippen LogP contribution in [-0.2, 0) is 4.79 Å². The van der Waals surface area contributed by atoms with Crippen LogP contribution in [0.3, 0.4) is 0 Å². The van der Waals surface area contributed by atoms with Gasteiger partial charge in [0.2, 0.25) is 0 Å². The standard InChI is InChI=1S/C18H19F2NO3/c1-11-4-5-12(2)17(13(11)3)23-10-16(22)21-14-6-8-15(9-7-14)24-18(19)20/h4-9,18H,10H2,1-3H3,(H,21,22). The van der Waals surface area contributed by atoms with Crippen molar-refractivity contribution in [3.05, 3.63) is 53.1 Å². The highest BCUT2D eigenvalue weighted by Gasteiger charge is 2.10. The number of carbonyl (C=O) groups is 1. The first-order valence-electron chi connectivity index (χ1n) is 7.41. The molecule has 2 aromatic rings. The van der Waals surface area contributed by atoms with Crippen molar-refractivity contribution in [2.24, 2.45) is 0 Å². The van der Waals surface area contributed by atoms with Crippen molar-refractivity contribution in [2.45, 2.75) is 27.4 Å². The molecule has 6 heteroatoms. The maximum atomic E-state index is 12.1. The molecule has 24 heavy (non-hydrogen) atoms. The highest BCUT2D eigenvalue weighted by molar-refractivity contribution is 5.91. The fourth-order valence-electron chi connectivity index (χ4n) is 2.20. The van der Waals surface area contributed by atoms with Gasteiger partial charge in [0.1, 0.15) is 11.5 Å². The Labute approximate surface area is 139 Å². The molecule has 2 aromatic carbocycles. The summed E-state index contributed by atoms with van der Waals surface area (Å²) in [6.45, 7) is 2.82. The summed E-state index contributed by atoms with van der Waals surface area (Å²) < 4.78 is 34.0. The molecule has 0 saturated heterocycles. The quantitative estimate of drug-likeness (QED) is 0.859. The van der Waals surface area contributed by atoms with Crippen molar-refractivity contribution in [2.75, 3.05) is 11.9 Å². The summed E-state index contributed by atoms with van der Waals surface area (Å²) in [5, 5.41) is 2.64. The van der Waals surface area contributed by atoms with Gasteiger partial charge in [-0.2, -0.15) is 8.78 Å². The highest BCUT2D eigenvalue weighted by Crippen LogP contribution is 2.25. The van der Waals surface area contributed by atoms with Crippen molar-refractivity contribution < 1.29 is 23.0 Å². The summed E-state index contributed by atoms with van der Waals surface area (Å²) >= 11 is 0. The van der Waals surface area contributed by atoms with Gasteiger partial charge in [0.25, 0.3) is 5.91 Å². The third-order valence-corrected chi connectivity index (χ3v) is 3.58. The van der Waals surface area contributed by atoms with Gasteiger partial charge in [0, 0.05) is 5.69 Å². The summed E-state index contributed by atoms with van der Waals surface area (Å²) in [4.78, 5) is 12.0. The third kappa shape index (κ3) is 4.68. The number of amides is 1. The molecule has 0 aliphatic rings. The van der Waals surface area contributed by atoms with Gasteiger partial charge in [-0.05, 0) is 61.7 Å². The number of ether oxygens (including phenoxy) is 2. The van der Waals surface area contributed by atoms with Crippen LogP contribution < -0.4 is 14.8 Å². The monoisotopic (exact) mass is 335 g/mol. The SMILES string of the molecule is Cc1ccc(C)c(OCC(=O)Nc2ccc(OC(F)F)cc2)c1C. The highest BCUT2D eigenvalue weighted by atomic mass is 19.3. The predicted octanol–water partition coefficient (Wildman–Crippen LogP) is 4.23. The molecule has 1 N–H and O–H groups in total. The molecule has 0 radical (unpaired) electrons. The van der Waals surface area contributed by atoms with E-state index in [-0.39, 0.29) is 18.3 Å². The zero-order chi connectivity index (χ0) is 17.7. The van der Waals surface area contributed by atoms with E-state index in [1.165, 1.54) is 24.3 Å². The normalized spacial score (nSPS) is 10.6. The molecule has 0 fully saturated rings. The number of hydrogen-bond donors (Lipinski definition) is 1. The minimum absolute atomic E-state index is 0.0326. The van der Waals surface area contributed by atoms with Crippen molar-refractivity contribution in [3.8, 4) is 11.5 Å². The maximum Gasteiger partial charge on any atom is 0.387 e. The van der Waals surface area contributed by atoms with Crippen LogP contribution in [0.2, 0.25) is 0 Å². The molecule has 4 nitrogen and oxygen atoms in total. The molecule has 1 amide bonds. The molecular weight excluding hydrogens is 316 g/mol. The van der Waals surface area contributed by atoms with E-state index >= 15 is 0 Å². The summed E-state index contributed by atoms with van der Waals surface area (Å²) in [5.74, 6) is 0.397. The fourth-order valence-corrected chi connectivity index (χ4v) is 2.20. The second-order valence-electron chi connectivity index (χ2n) is 5.39. The smallest absolute Gasteiger partial charge is 0.387 e. The first-order valence-corrected chi connectivity index (χ1v) is 7.41. The number of carbonyl (C=O) groups excluding carboxylic acids is 1. The average molecular weight is 335 g/mol. The Hall–Kier alpha value is -2.63. The Morgan fingerprint density at radius 1 is 1.04 bits per heavy atom. The topological polar surface area (TPSA) is 47.6 Å². The Balaban J connectivity index is 1.93. The predicted molar refractivity (Wildman–Crippen MR) is 87.9 cm³/mol. The number of rotatable bonds is 6. The molecule has 0 spiro atoms. The van der Waals surface area contributed by atoms with Gasteiger partial charge in [-0.15, -0.1) is 0 Å².